The number of rotatable bonds is 7. The first-order valence-corrected chi connectivity index (χ1v) is 8.26. The van der Waals surface area contributed by atoms with Crippen molar-refractivity contribution in [2.75, 3.05) is 25.5 Å². The Balaban J connectivity index is 1.73. The summed E-state index contributed by atoms with van der Waals surface area (Å²) in [6, 6.07) is 10.4. The van der Waals surface area contributed by atoms with Crippen LogP contribution >= 0.6 is 11.6 Å². The molecule has 2 N–H and O–H groups in total. The molecule has 0 saturated heterocycles. The molecule has 0 saturated carbocycles. The van der Waals surface area contributed by atoms with Crippen molar-refractivity contribution in [1.29, 1.82) is 0 Å². The van der Waals surface area contributed by atoms with Crippen LogP contribution in [0.4, 0.5) is 5.82 Å². The van der Waals surface area contributed by atoms with Crippen LogP contribution in [0.15, 0.2) is 42.6 Å². The van der Waals surface area contributed by atoms with E-state index >= 15 is 0 Å². The lowest BCUT2D eigenvalue weighted by atomic mass is 10.2. The van der Waals surface area contributed by atoms with Gasteiger partial charge in [-0.05, 0) is 42.0 Å². The summed E-state index contributed by atoms with van der Waals surface area (Å²) in [5.74, 6) is 0.482. The van der Waals surface area contributed by atoms with Gasteiger partial charge < -0.3 is 15.5 Å². The first kappa shape index (κ1) is 18.7. The molecule has 2 aromatic rings. The molecule has 1 aromatic carbocycles. The predicted molar refractivity (Wildman–Crippen MR) is 98.8 cm³/mol. The maximum atomic E-state index is 11.9. The van der Waals surface area contributed by atoms with E-state index in [0.29, 0.717) is 17.1 Å². The highest BCUT2D eigenvalue weighted by Crippen LogP contribution is 2.10. The van der Waals surface area contributed by atoms with Crippen molar-refractivity contribution in [2.45, 2.75) is 13.0 Å². The summed E-state index contributed by atoms with van der Waals surface area (Å²) in [6.45, 7) is 0.694. The van der Waals surface area contributed by atoms with E-state index in [1.165, 1.54) is 0 Å². The molecule has 7 heteroatoms. The normalized spacial score (nSPS) is 10.2. The summed E-state index contributed by atoms with van der Waals surface area (Å²) in [7, 11) is 3.82. The van der Waals surface area contributed by atoms with Crippen LogP contribution in [0.3, 0.4) is 0 Å². The molecule has 1 aromatic heterocycles. The van der Waals surface area contributed by atoms with E-state index in [-0.39, 0.29) is 24.8 Å². The van der Waals surface area contributed by atoms with Crippen molar-refractivity contribution in [1.82, 2.24) is 15.6 Å². The minimum absolute atomic E-state index is 0.125. The van der Waals surface area contributed by atoms with Gasteiger partial charge in [-0.15, -0.1) is 0 Å². The Morgan fingerprint density at radius 1 is 1.12 bits per heavy atom. The third-order valence-corrected chi connectivity index (χ3v) is 3.75. The molecule has 6 nitrogen and oxygen atoms in total. The first-order valence-electron chi connectivity index (χ1n) is 7.88. The Morgan fingerprint density at radius 2 is 1.84 bits per heavy atom. The van der Waals surface area contributed by atoms with E-state index < -0.39 is 0 Å². The number of benzene rings is 1. The van der Waals surface area contributed by atoms with Gasteiger partial charge in [-0.2, -0.15) is 0 Å². The fourth-order valence-corrected chi connectivity index (χ4v) is 2.22. The lowest BCUT2D eigenvalue weighted by Crippen LogP contribution is -2.30. The highest BCUT2D eigenvalue weighted by atomic mass is 35.5. The van der Waals surface area contributed by atoms with E-state index in [9.17, 15) is 9.59 Å². The summed E-state index contributed by atoms with van der Waals surface area (Å²) in [5.41, 5.74) is 1.48. The number of amides is 2. The van der Waals surface area contributed by atoms with E-state index in [4.69, 9.17) is 11.6 Å². The molecule has 0 radical (unpaired) electrons. The molecule has 0 bridgehead atoms. The summed E-state index contributed by atoms with van der Waals surface area (Å²) < 4.78 is 0. The SMILES string of the molecule is CN(C)c1cc(CNC(=O)CCNC(=O)c2ccc(Cl)cc2)ccn1. The molecule has 0 aliphatic rings. The second kappa shape index (κ2) is 9.03. The standard InChI is InChI=1S/C18H21ClN4O2/c1-23(2)16-11-13(7-9-20-16)12-22-17(24)8-10-21-18(25)14-3-5-15(19)6-4-14/h3-7,9,11H,8,10,12H2,1-2H3,(H,21,25)(H,22,24). The molecule has 0 atom stereocenters. The van der Waals surface area contributed by atoms with Gasteiger partial charge >= 0.3 is 0 Å². The number of hydrogen-bond donors (Lipinski definition) is 2. The molecular weight excluding hydrogens is 340 g/mol. The zero-order valence-electron chi connectivity index (χ0n) is 14.3. The monoisotopic (exact) mass is 360 g/mol. The Labute approximate surface area is 152 Å². The fourth-order valence-electron chi connectivity index (χ4n) is 2.10. The largest absolute Gasteiger partial charge is 0.363 e. The smallest absolute Gasteiger partial charge is 0.251 e. The molecule has 132 valence electrons. The van der Waals surface area contributed by atoms with Crippen LogP contribution in [-0.4, -0.2) is 37.4 Å². The number of halogens is 1. The maximum absolute atomic E-state index is 11.9. The van der Waals surface area contributed by atoms with E-state index in [0.717, 1.165) is 11.4 Å². The van der Waals surface area contributed by atoms with E-state index in [1.54, 1.807) is 30.5 Å². The van der Waals surface area contributed by atoms with Crippen molar-refractivity contribution in [3.05, 3.63) is 58.7 Å². The van der Waals surface area contributed by atoms with Crippen LogP contribution in [0.5, 0.6) is 0 Å². The third-order valence-electron chi connectivity index (χ3n) is 3.50. The lowest BCUT2D eigenvalue weighted by molar-refractivity contribution is -0.121. The van der Waals surface area contributed by atoms with Gasteiger partial charge in [0.2, 0.25) is 5.91 Å². The molecule has 0 unspecified atom stereocenters. The van der Waals surface area contributed by atoms with Crippen LogP contribution in [0.25, 0.3) is 0 Å². The molecule has 0 spiro atoms. The van der Waals surface area contributed by atoms with E-state index in [1.807, 2.05) is 31.1 Å². The molecule has 1 heterocycles. The van der Waals surface area contributed by atoms with Crippen LogP contribution in [0.2, 0.25) is 5.02 Å². The molecular formula is C18H21ClN4O2. The molecule has 2 rings (SSSR count). The third kappa shape index (κ3) is 6.08. The zero-order chi connectivity index (χ0) is 18.2. The molecule has 0 fully saturated rings. The van der Waals surface area contributed by atoms with Crippen LogP contribution in [-0.2, 0) is 11.3 Å². The van der Waals surface area contributed by atoms with Gasteiger partial charge in [-0.1, -0.05) is 11.6 Å². The number of anilines is 1. The highest BCUT2D eigenvalue weighted by Gasteiger charge is 2.07. The Kier molecular flexibility index (Phi) is 6.77. The van der Waals surface area contributed by atoms with Crippen molar-refractivity contribution in [2.24, 2.45) is 0 Å². The second-order valence-corrected chi connectivity index (χ2v) is 6.14. The number of carbonyl (C=O) groups is 2. The first-order chi connectivity index (χ1) is 12.0. The van der Waals surface area contributed by atoms with Crippen molar-refractivity contribution in [3.8, 4) is 0 Å². The number of nitrogens with zero attached hydrogens (tertiary/aromatic N) is 2. The van der Waals surface area contributed by atoms with Crippen molar-refractivity contribution < 1.29 is 9.59 Å². The number of nitrogens with one attached hydrogen (secondary N) is 2. The molecule has 0 aliphatic heterocycles. The molecule has 25 heavy (non-hydrogen) atoms. The summed E-state index contributed by atoms with van der Waals surface area (Å²) in [4.78, 5) is 29.9. The maximum Gasteiger partial charge on any atom is 0.251 e. The van der Waals surface area contributed by atoms with Gasteiger partial charge in [0, 0.05) is 50.4 Å². The summed E-state index contributed by atoms with van der Waals surface area (Å²) in [6.07, 6.45) is 1.92. The fraction of sp³-hybridized carbons (Fsp3) is 0.278. The molecule has 2 amide bonds. The zero-order valence-corrected chi connectivity index (χ0v) is 15.0. The average molecular weight is 361 g/mol. The van der Waals surface area contributed by atoms with Crippen LogP contribution in [0, 0.1) is 0 Å². The average Bonchev–Trinajstić information content (AvgIpc) is 2.60. The van der Waals surface area contributed by atoms with Crippen molar-refractivity contribution in [3.63, 3.8) is 0 Å². The Morgan fingerprint density at radius 3 is 2.52 bits per heavy atom. The van der Waals surface area contributed by atoms with Gasteiger partial charge in [-0.25, -0.2) is 4.98 Å². The molecule has 0 aliphatic carbocycles. The van der Waals surface area contributed by atoms with Gasteiger partial charge in [0.25, 0.3) is 5.91 Å². The topological polar surface area (TPSA) is 74.3 Å². The quantitative estimate of drug-likeness (QED) is 0.794. The van der Waals surface area contributed by atoms with Gasteiger partial charge in [0.05, 0.1) is 0 Å². The number of carbonyl (C=O) groups excluding carboxylic acids is 2. The van der Waals surface area contributed by atoms with Gasteiger partial charge in [0.15, 0.2) is 0 Å². The number of pyridine rings is 1. The Hall–Kier alpha value is -2.60. The minimum Gasteiger partial charge on any atom is -0.363 e. The van der Waals surface area contributed by atoms with Crippen molar-refractivity contribution >= 4 is 29.2 Å². The summed E-state index contributed by atoms with van der Waals surface area (Å²) >= 11 is 5.78. The Bertz CT molecular complexity index is 732. The summed E-state index contributed by atoms with van der Waals surface area (Å²) in [5, 5.41) is 6.12. The number of hydrogen-bond acceptors (Lipinski definition) is 4. The second-order valence-electron chi connectivity index (χ2n) is 5.71. The van der Waals surface area contributed by atoms with Gasteiger partial charge in [-0.3, -0.25) is 9.59 Å². The van der Waals surface area contributed by atoms with Crippen LogP contribution < -0.4 is 15.5 Å². The highest BCUT2D eigenvalue weighted by molar-refractivity contribution is 6.30. The van der Waals surface area contributed by atoms with E-state index in [2.05, 4.69) is 15.6 Å². The van der Waals surface area contributed by atoms with Crippen LogP contribution in [0.1, 0.15) is 22.3 Å². The predicted octanol–water partition coefficient (Wildman–Crippen LogP) is 2.24. The number of aromatic nitrogens is 1. The van der Waals surface area contributed by atoms with Gasteiger partial charge in [0.1, 0.15) is 5.82 Å². The lowest BCUT2D eigenvalue weighted by Gasteiger charge is -2.12. The minimum atomic E-state index is -0.228.